The molecule has 0 spiro atoms. The first-order chi connectivity index (χ1) is 14.8. The third kappa shape index (κ3) is 6.49. The van der Waals surface area contributed by atoms with Crippen LogP contribution in [0.1, 0.15) is 18.4 Å². The van der Waals surface area contributed by atoms with Crippen LogP contribution in [0.15, 0.2) is 42.5 Å². The number of carbonyl (C=O) groups is 1. The van der Waals surface area contributed by atoms with Gasteiger partial charge in [-0.2, -0.15) is 0 Å². The summed E-state index contributed by atoms with van der Waals surface area (Å²) < 4.78 is 32.5. The summed E-state index contributed by atoms with van der Waals surface area (Å²) in [5.41, 5.74) is 0.393. The minimum atomic E-state index is -3.59. The van der Waals surface area contributed by atoms with Crippen molar-refractivity contribution in [2.75, 3.05) is 26.2 Å². The van der Waals surface area contributed by atoms with Crippen molar-refractivity contribution in [1.29, 1.82) is 0 Å². The zero-order chi connectivity index (χ0) is 22.4. The number of benzene rings is 2. The van der Waals surface area contributed by atoms with E-state index in [1.807, 2.05) is 12.1 Å². The molecule has 1 aliphatic heterocycles. The first-order valence-corrected chi connectivity index (χ1v) is 12.6. The number of halogens is 3. The normalized spacial score (nSPS) is 15.6. The van der Waals surface area contributed by atoms with Gasteiger partial charge in [0.15, 0.2) is 0 Å². The van der Waals surface area contributed by atoms with Crippen molar-refractivity contribution in [2.45, 2.75) is 18.6 Å². The lowest BCUT2D eigenvalue weighted by molar-refractivity contribution is -0.126. The molecule has 1 heterocycles. The van der Waals surface area contributed by atoms with E-state index in [1.54, 1.807) is 30.3 Å². The molecule has 0 radical (unpaired) electrons. The first kappa shape index (κ1) is 24.1. The fourth-order valence-electron chi connectivity index (χ4n) is 3.38. The Hall–Kier alpha value is -1.51. The van der Waals surface area contributed by atoms with Gasteiger partial charge in [-0.05, 0) is 37.1 Å². The van der Waals surface area contributed by atoms with Crippen molar-refractivity contribution < 1.29 is 17.9 Å². The highest BCUT2D eigenvalue weighted by atomic mass is 35.5. The standard InChI is InChI=1S/C21H23Cl3N2O4S/c22-17-5-3-6-18(23)16(17)14-31(28,29)26-11-8-15(9-12-26)21(27)25-10-13-30-20-7-2-1-4-19(20)24/h1-7,15H,8-14H2,(H,25,27). The Morgan fingerprint density at radius 3 is 2.26 bits per heavy atom. The van der Waals surface area contributed by atoms with Gasteiger partial charge in [0.05, 0.1) is 17.3 Å². The lowest BCUT2D eigenvalue weighted by atomic mass is 9.97. The number of amides is 1. The molecule has 31 heavy (non-hydrogen) atoms. The molecular formula is C21H23Cl3N2O4S. The quantitative estimate of drug-likeness (QED) is 0.540. The molecule has 0 aromatic heterocycles. The summed E-state index contributed by atoms with van der Waals surface area (Å²) in [6, 6.07) is 12.0. The number of carbonyl (C=O) groups excluding carboxylic acids is 1. The number of nitrogens with one attached hydrogen (secondary N) is 1. The maximum atomic E-state index is 12.8. The van der Waals surface area contributed by atoms with Crippen LogP contribution in [0.4, 0.5) is 0 Å². The molecule has 168 valence electrons. The maximum Gasteiger partial charge on any atom is 0.223 e. The van der Waals surface area contributed by atoms with Crippen molar-refractivity contribution in [3.05, 3.63) is 63.1 Å². The van der Waals surface area contributed by atoms with E-state index in [2.05, 4.69) is 5.32 Å². The van der Waals surface area contributed by atoms with Crippen molar-refractivity contribution in [1.82, 2.24) is 9.62 Å². The lowest BCUT2D eigenvalue weighted by Gasteiger charge is -2.30. The molecule has 1 aliphatic rings. The van der Waals surface area contributed by atoms with Gasteiger partial charge in [-0.15, -0.1) is 0 Å². The number of piperidine rings is 1. The number of rotatable bonds is 8. The summed E-state index contributed by atoms with van der Waals surface area (Å²) >= 11 is 18.2. The summed E-state index contributed by atoms with van der Waals surface area (Å²) in [5, 5.41) is 4.00. The topological polar surface area (TPSA) is 75.7 Å². The Morgan fingerprint density at radius 2 is 1.61 bits per heavy atom. The highest BCUT2D eigenvalue weighted by Gasteiger charge is 2.31. The predicted octanol–water partition coefficient (Wildman–Crippen LogP) is 4.38. The van der Waals surface area contributed by atoms with Crippen LogP contribution < -0.4 is 10.1 Å². The number of ether oxygens (including phenoxy) is 1. The van der Waals surface area contributed by atoms with Gasteiger partial charge in [0.25, 0.3) is 0 Å². The Morgan fingerprint density at radius 1 is 1.00 bits per heavy atom. The van der Waals surface area contributed by atoms with Gasteiger partial charge >= 0.3 is 0 Å². The highest BCUT2D eigenvalue weighted by Crippen LogP contribution is 2.29. The third-order valence-corrected chi connectivity index (χ3v) is 7.93. The zero-order valence-corrected chi connectivity index (χ0v) is 19.8. The van der Waals surface area contributed by atoms with Crippen LogP contribution in [0, 0.1) is 5.92 Å². The van der Waals surface area contributed by atoms with E-state index in [1.165, 1.54) is 4.31 Å². The molecule has 10 heteroatoms. The molecule has 2 aromatic carbocycles. The van der Waals surface area contributed by atoms with Crippen LogP contribution in [-0.2, 0) is 20.6 Å². The Kier molecular flexibility index (Phi) is 8.47. The second-order valence-electron chi connectivity index (χ2n) is 7.20. The lowest BCUT2D eigenvalue weighted by Crippen LogP contribution is -2.44. The van der Waals surface area contributed by atoms with Gasteiger partial charge in [-0.1, -0.05) is 53.0 Å². The number of hydrogen-bond donors (Lipinski definition) is 1. The molecule has 6 nitrogen and oxygen atoms in total. The molecular weight excluding hydrogens is 483 g/mol. The number of para-hydroxylation sites is 1. The first-order valence-electron chi connectivity index (χ1n) is 9.83. The average molecular weight is 506 g/mol. The molecule has 1 saturated heterocycles. The van der Waals surface area contributed by atoms with Gasteiger partial charge in [-0.3, -0.25) is 4.79 Å². The predicted molar refractivity (Wildman–Crippen MR) is 123 cm³/mol. The molecule has 0 atom stereocenters. The molecule has 1 fully saturated rings. The van der Waals surface area contributed by atoms with E-state index < -0.39 is 10.0 Å². The molecule has 1 N–H and O–H groups in total. The van der Waals surface area contributed by atoms with Gasteiger partial charge in [-0.25, -0.2) is 12.7 Å². The number of hydrogen-bond acceptors (Lipinski definition) is 4. The van der Waals surface area contributed by atoms with Crippen LogP contribution in [0.2, 0.25) is 15.1 Å². The van der Waals surface area contributed by atoms with E-state index in [4.69, 9.17) is 39.5 Å². The van der Waals surface area contributed by atoms with E-state index in [0.717, 1.165) is 0 Å². The van der Waals surface area contributed by atoms with Crippen LogP contribution in [0.5, 0.6) is 5.75 Å². The van der Waals surface area contributed by atoms with E-state index in [0.29, 0.717) is 52.4 Å². The molecule has 0 unspecified atom stereocenters. The molecule has 3 rings (SSSR count). The monoisotopic (exact) mass is 504 g/mol. The second-order valence-corrected chi connectivity index (χ2v) is 10.4. The molecule has 1 amide bonds. The van der Waals surface area contributed by atoms with E-state index >= 15 is 0 Å². The highest BCUT2D eigenvalue weighted by molar-refractivity contribution is 7.88. The van der Waals surface area contributed by atoms with Gasteiger partial charge < -0.3 is 10.1 Å². The summed E-state index contributed by atoms with van der Waals surface area (Å²) in [6.07, 6.45) is 0.902. The average Bonchev–Trinajstić information content (AvgIpc) is 2.75. The fraction of sp³-hybridized carbons (Fsp3) is 0.381. The largest absolute Gasteiger partial charge is 0.490 e. The zero-order valence-electron chi connectivity index (χ0n) is 16.7. The minimum absolute atomic E-state index is 0.103. The van der Waals surface area contributed by atoms with Crippen molar-refractivity contribution in [2.24, 2.45) is 5.92 Å². The van der Waals surface area contributed by atoms with E-state index in [9.17, 15) is 13.2 Å². The number of nitrogens with zero attached hydrogens (tertiary/aromatic N) is 1. The molecule has 2 aromatic rings. The van der Waals surface area contributed by atoms with Crippen molar-refractivity contribution in [3.8, 4) is 5.75 Å². The number of sulfonamides is 1. The van der Waals surface area contributed by atoms with Crippen LogP contribution in [0.25, 0.3) is 0 Å². The van der Waals surface area contributed by atoms with Gasteiger partial charge in [0.2, 0.25) is 15.9 Å². The van der Waals surface area contributed by atoms with E-state index in [-0.39, 0.29) is 30.7 Å². The van der Waals surface area contributed by atoms with Crippen LogP contribution >= 0.6 is 34.8 Å². The minimum Gasteiger partial charge on any atom is -0.490 e. The summed E-state index contributed by atoms with van der Waals surface area (Å²) in [5.74, 6) is -0.0398. The Bertz CT molecular complexity index is 1000. The summed E-state index contributed by atoms with van der Waals surface area (Å²) in [6.45, 7) is 1.19. The Balaban J connectivity index is 1.45. The maximum absolute atomic E-state index is 12.8. The fourth-order valence-corrected chi connectivity index (χ4v) is 5.89. The third-order valence-electron chi connectivity index (χ3n) is 5.10. The second kappa shape index (κ2) is 10.9. The molecule has 0 bridgehead atoms. The molecule has 0 aliphatic carbocycles. The van der Waals surface area contributed by atoms with Crippen LogP contribution in [-0.4, -0.2) is 44.9 Å². The van der Waals surface area contributed by atoms with Crippen LogP contribution in [0.3, 0.4) is 0 Å². The Labute approximate surface area is 197 Å². The van der Waals surface area contributed by atoms with Crippen molar-refractivity contribution >= 4 is 50.7 Å². The van der Waals surface area contributed by atoms with Gasteiger partial charge in [0.1, 0.15) is 12.4 Å². The van der Waals surface area contributed by atoms with Crippen molar-refractivity contribution in [3.63, 3.8) is 0 Å². The SMILES string of the molecule is O=C(NCCOc1ccccc1Cl)C1CCN(S(=O)(=O)Cc2c(Cl)cccc2Cl)CC1. The molecule has 0 saturated carbocycles. The van der Waals surface area contributed by atoms with Gasteiger partial charge in [0, 0.05) is 34.6 Å². The smallest absolute Gasteiger partial charge is 0.223 e. The summed E-state index contributed by atoms with van der Waals surface area (Å²) in [4.78, 5) is 12.4. The summed E-state index contributed by atoms with van der Waals surface area (Å²) in [7, 11) is -3.59.